The number of hydrogen-bond donors (Lipinski definition) is 0. The maximum atomic E-state index is 12.1. The Balaban J connectivity index is 2.79. The Morgan fingerprint density at radius 1 is 1.24 bits per heavy atom. The van der Waals surface area contributed by atoms with Crippen LogP contribution in [0.3, 0.4) is 0 Å². The van der Waals surface area contributed by atoms with Gasteiger partial charge in [0.2, 0.25) is 0 Å². The highest BCUT2D eigenvalue weighted by Gasteiger charge is 2.26. The van der Waals surface area contributed by atoms with Crippen LogP contribution in [0.15, 0.2) is 30.3 Å². The third-order valence-corrected chi connectivity index (χ3v) is 3.12. The van der Waals surface area contributed by atoms with Crippen molar-refractivity contribution in [3.63, 3.8) is 0 Å². The van der Waals surface area contributed by atoms with Crippen LogP contribution in [0.25, 0.3) is 0 Å². The largest absolute Gasteiger partial charge is 0.459 e. The summed E-state index contributed by atoms with van der Waals surface area (Å²) in [5, 5.41) is 0. The van der Waals surface area contributed by atoms with Gasteiger partial charge in [0, 0.05) is 0 Å². The summed E-state index contributed by atoms with van der Waals surface area (Å²) in [6.07, 6.45) is 1.59. The molecule has 0 heterocycles. The van der Waals surface area contributed by atoms with Crippen molar-refractivity contribution in [2.24, 2.45) is 0 Å². The molecule has 0 radical (unpaired) electrons. The van der Waals surface area contributed by atoms with E-state index in [1.165, 1.54) is 0 Å². The molecule has 1 unspecified atom stereocenters. The van der Waals surface area contributed by atoms with Crippen LogP contribution in [0.4, 0.5) is 0 Å². The summed E-state index contributed by atoms with van der Waals surface area (Å²) < 4.78 is 5.56. The molecular formula is C15H22O2. The van der Waals surface area contributed by atoms with Gasteiger partial charge in [-0.3, -0.25) is 4.79 Å². The summed E-state index contributed by atoms with van der Waals surface area (Å²) in [5.41, 5.74) is 0.658. The monoisotopic (exact) mass is 234 g/mol. The molecule has 0 N–H and O–H groups in total. The zero-order valence-electron chi connectivity index (χ0n) is 11.2. The van der Waals surface area contributed by atoms with E-state index >= 15 is 0 Å². The first-order valence-electron chi connectivity index (χ1n) is 6.28. The molecule has 0 spiro atoms. The van der Waals surface area contributed by atoms with Gasteiger partial charge in [-0.1, -0.05) is 44.2 Å². The summed E-state index contributed by atoms with van der Waals surface area (Å²) in [5.74, 6) is -0.271. The number of esters is 1. The van der Waals surface area contributed by atoms with Gasteiger partial charge in [0.1, 0.15) is 5.60 Å². The summed E-state index contributed by atoms with van der Waals surface area (Å²) >= 11 is 0. The molecule has 94 valence electrons. The van der Waals surface area contributed by atoms with Gasteiger partial charge in [0.15, 0.2) is 0 Å². The predicted molar refractivity (Wildman–Crippen MR) is 69.9 cm³/mol. The molecule has 0 fully saturated rings. The van der Waals surface area contributed by atoms with E-state index in [-0.39, 0.29) is 17.5 Å². The number of ether oxygens (including phenoxy) is 1. The highest BCUT2D eigenvalue weighted by Crippen LogP contribution is 2.24. The number of rotatable bonds is 5. The Morgan fingerprint density at radius 3 is 2.29 bits per heavy atom. The lowest BCUT2D eigenvalue weighted by Crippen LogP contribution is -2.30. The van der Waals surface area contributed by atoms with Crippen LogP contribution >= 0.6 is 0 Å². The molecule has 0 saturated heterocycles. The number of hydrogen-bond acceptors (Lipinski definition) is 2. The first-order chi connectivity index (χ1) is 8.00. The molecule has 2 nitrogen and oxygen atoms in total. The number of carbonyl (C=O) groups is 1. The molecule has 17 heavy (non-hydrogen) atoms. The summed E-state index contributed by atoms with van der Waals surface area (Å²) in [6, 6.07) is 9.83. The molecule has 2 heteroatoms. The van der Waals surface area contributed by atoms with Crippen molar-refractivity contribution in [2.45, 2.75) is 52.1 Å². The molecule has 0 bridgehead atoms. The van der Waals surface area contributed by atoms with E-state index in [1.807, 2.05) is 58.0 Å². The first kappa shape index (κ1) is 13.8. The van der Waals surface area contributed by atoms with E-state index in [9.17, 15) is 4.79 Å². The number of carbonyl (C=O) groups excluding carboxylic acids is 1. The van der Waals surface area contributed by atoms with Crippen molar-refractivity contribution < 1.29 is 9.53 Å². The molecule has 1 rings (SSSR count). The quantitative estimate of drug-likeness (QED) is 0.722. The summed E-state index contributed by atoms with van der Waals surface area (Å²) in [7, 11) is 0. The zero-order chi connectivity index (χ0) is 12.9. The molecule has 1 atom stereocenters. The molecule has 0 aliphatic rings. The highest BCUT2D eigenvalue weighted by molar-refractivity contribution is 5.78. The maximum Gasteiger partial charge on any atom is 0.313 e. The van der Waals surface area contributed by atoms with Gasteiger partial charge in [0.05, 0.1) is 5.92 Å². The Hall–Kier alpha value is -1.31. The van der Waals surface area contributed by atoms with Crippen LogP contribution in [0.5, 0.6) is 0 Å². The van der Waals surface area contributed by atoms with Gasteiger partial charge in [0.25, 0.3) is 0 Å². The molecule has 0 aromatic heterocycles. The fraction of sp³-hybridized carbons (Fsp3) is 0.533. The van der Waals surface area contributed by atoms with Gasteiger partial charge in [-0.15, -0.1) is 0 Å². The molecule has 0 aliphatic heterocycles. The normalized spacial score (nSPS) is 13.2. The van der Waals surface area contributed by atoms with Crippen molar-refractivity contribution in [3.8, 4) is 0 Å². The third-order valence-electron chi connectivity index (χ3n) is 3.12. The van der Waals surface area contributed by atoms with E-state index in [0.717, 1.165) is 18.4 Å². The van der Waals surface area contributed by atoms with Crippen LogP contribution < -0.4 is 0 Å². The molecule has 1 aromatic carbocycles. The van der Waals surface area contributed by atoms with Crippen molar-refractivity contribution in [1.29, 1.82) is 0 Å². The molecule has 0 aliphatic carbocycles. The first-order valence-corrected chi connectivity index (χ1v) is 6.28. The second kappa shape index (κ2) is 5.85. The third kappa shape index (κ3) is 3.88. The van der Waals surface area contributed by atoms with Crippen LogP contribution in [0.2, 0.25) is 0 Å². The standard InChI is InChI=1S/C15H22O2/c1-5-13(12-10-8-7-9-11-12)14(16)17-15(3,4)6-2/h7-11,13H,5-6H2,1-4H3. The van der Waals surface area contributed by atoms with E-state index in [0.29, 0.717) is 0 Å². The highest BCUT2D eigenvalue weighted by atomic mass is 16.6. The van der Waals surface area contributed by atoms with Crippen molar-refractivity contribution in [1.82, 2.24) is 0 Å². The van der Waals surface area contributed by atoms with Crippen LogP contribution in [-0.2, 0) is 9.53 Å². The van der Waals surface area contributed by atoms with Gasteiger partial charge < -0.3 is 4.74 Å². The zero-order valence-corrected chi connectivity index (χ0v) is 11.2. The Kier molecular flexibility index (Phi) is 4.73. The van der Waals surface area contributed by atoms with Gasteiger partial charge in [-0.05, 0) is 32.3 Å². The van der Waals surface area contributed by atoms with Crippen molar-refractivity contribution >= 4 is 5.97 Å². The fourth-order valence-electron chi connectivity index (χ4n) is 1.64. The smallest absolute Gasteiger partial charge is 0.313 e. The minimum absolute atomic E-state index is 0.120. The minimum Gasteiger partial charge on any atom is -0.459 e. The summed E-state index contributed by atoms with van der Waals surface area (Å²) in [6.45, 7) is 7.93. The predicted octanol–water partition coefficient (Wildman–Crippen LogP) is 3.91. The van der Waals surface area contributed by atoms with E-state index < -0.39 is 0 Å². The minimum atomic E-state index is -0.376. The van der Waals surface area contributed by atoms with E-state index in [4.69, 9.17) is 4.74 Å². The lowest BCUT2D eigenvalue weighted by atomic mass is 9.96. The molecule has 0 amide bonds. The SMILES string of the molecule is CCC(C(=O)OC(C)(C)CC)c1ccccc1. The molecular weight excluding hydrogens is 212 g/mol. The molecule has 1 aromatic rings. The van der Waals surface area contributed by atoms with Gasteiger partial charge in [-0.2, -0.15) is 0 Å². The maximum absolute atomic E-state index is 12.1. The Bertz CT molecular complexity index is 354. The van der Waals surface area contributed by atoms with Crippen LogP contribution in [-0.4, -0.2) is 11.6 Å². The fourth-order valence-corrected chi connectivity index (χ4v) is 1.64. The van der Waals surface area contributed by atoms with E-state index in [2.05, 4.69) is 0 Å². The Labute approximate surface area is 104 Å². The average molecular weight is 234 g/mol. The molecule has 0 saturated carbocycles. The Morgan fingerprint density at radius 2 is 1.82 bits per heavy atom. The second-order valence-electron chi connectivity index (χ2n) is 4.91. The topological polar surface area (TPSA) is 26.3 Å². The van der Waals surface area contributed by atoms with Crippen molar-refractivity contribution in [2.75, 3.05) is 0 Å². The van der Waals surface area contributed by atoms with Gasteiger partial charge in [-0.25, -0.2) is 0 Å². The lowest BCUT2D eigenvalue weighted by Gasteiger charge is -2.26. The average Bonchev–Trinajstić information content (AvgIpc) is 2.31. The second-order valence-corrected chi connectivity index (χ2v) is 4.91. The number of benzene rings is 1. The van der Waals surface area contributed by atoms with Gasteiger partial charge >= 0.3 is 5.97 Å². The van der Waals surface area contributed by atoms with Crippen LogP contribution in [0.1, 0.15) is 52.0 Å². The lowest BCUT2D eigenvalue weighted by molar-refractivity contribution is -0.158. The summed E-state index contributed by atoms with van der Waals surface area (Å²) in [4.78, 5) is 12.1. The van der Waals surface area contributed by atoms with Crippen LogP contribution in [0, 0.1) is 0 Å². The van der Waals surface area contributed by atoms with Crippen molar-refractivity contribution in [3.05, 3.63) is 35.9 Å². The van der Waals surface area contributed by atoms with E-state index in [1.54, 1.807) is 0 Å².